The van der Waals surface area contributed by atoms with Crippen molar-refractivity contribution in [2.75, 3.05) is 65.5 Å². The Morgan fingerprint density at radius 3 is 2.11 bits per heavy atom. The molecular weight excluding hydrogens is 480 g/mol. The van der Waals surface area contributed by atoms with E-state index < -0.39 is 0 Å². The topological polar surface area (TPSA) is 73.4 Å². The molecule has 2 saturated heterocycles. The summed E-state index contributed by atoms with van der Waals surface area (Å²) >= 11 is 0. The van der Waals surface area contributed by atoms with E-state index in [9.17, 15) is 14.4 Å². The second kappa shape index (κ2) is 10.6. The minimum atomic E-state index is -0.220. The van der Waals surface area contributed by atoms with Gasteiger partial charge in [0, 0.05) is 62.3 Å². The predicted octanol–water partition coefficient (Wildman–Crippen LogP) is 2.65. The number of rotatable bonds is 6. The van der Waals surface area contributed by atoms with E-state index in [-0.39, 0.29) is 23.8 Å². The summed E-state index contributed by atoms with van der Waals surface area (Å²) < 4.78 is 5.91. The summed E-state index contributed by atoms with van der Waals surface area (Å²) in [5.41, 5.74) is 2.29. The average molecular weight is 513 g/mol. The third-order valence-corrected chi connectivity index (χ3v) is 7.91. The van der Waals surface area contributed by atoms with E-state index in [2.05, 4.69) is 9.80 Å². The summed E-state index contributed by atoms with van der Waals surface area (Å²) in [5.74, 6) is -0.300. The van der Waals surface area contributed by atoms with E-state index in [1.807, 2.05) is 59.5 Å². The first-order valence-corrected chi connectivity index (χ1v) is 13.4. The zero-order chi connectivity index (χ0) is 26.1. The van der Waals surface area contributed by atoms with Gasteiger partial charge in [0.2, 0.25) is 5.91 Å². The van der Waals surface area contributed by atoms with E-state index in [0.29, 0.717) is 50.5 Å². The fourth-order valence-corrected chi connectivity index (χ4v) is 5.73. The summed E-state index contributed by atoms with van der Waals surface area (Å²) in [7, 11) is 0. The average Bonchev–Trinajstić information content (AvgIpc) is 2.97. The standard InChI is InChI=1S/C30H32N4O4/c35-27(33-18-19-38-26(20-33)22-6-2-1-3-7-22)21-32-14-12-31(13-15-32)16-17-34-29(36)24-10-4-8-23-9-5-11-25(28(23)24)30(34)37/h1-11,26H,12-21H2. The Balaban J connectivity index is 0.998. The van der Waals surface area contributed by atoms with Crippen LogP contribution in [0, 0.1) is 0 Å². The number of nitrogens with zero attached hydrogens (tertiary/aromatic N) is 4. The van der Waals surface area contributed by atoms with Crippen molar-refractivity contribution in [3.63, 3.8) is 0 Å². The summed E-state index contributed by atoms with van der Waals surface area (Å²) in [6.45, 7) is 6.29. The fraction of sp³-hybridized carbons (Fsp3) is 0.367. The van der Waals surface area contributed by atoms with Crippen LogP contribution < -0.4 is 0 Å². The smallest absolute Gasteiger partial charge is 0.261 e. The van der Waals surface area contributed by atoms with Gasteiger partial charge in [-0.25, -0.2) is 0 Å². The summed E-state index contributed by atoms with van der Waals surface area (Å²) in [6.07, 6.45) is -0.0788. The number of ether oxygens (including phenoxy) is 1. The van der Waals surface area contributed by atoms with Gasteiger partial charge in [-0.2, -0.15) is 0 Å². The van der Waals surface area contributed by atoms with E-state index in [4.69, 9.17) is 4.74 Å². The molecule has 0 saturated carbocycles. The minimum absolute atomic E-state index is 0.0788. The third kappa shape index (κ3) is 4.82. The molecule has 8 heteroatoms. The van der Waals surface area contributed by atoms with Crippen LogP contribution in [-0.2, 0) is 9.53 Å². The van der Waals surface area contributed by atoms with E-state index in [0.717, 1.165) is 42.5 Å². The van der Waals surface area contributed by atoms with Crippen molar-refractivity contribution in [3.05, 3.63) is 83.4 Å². The van der Waals surface area contributed by atoms with Crippen LogP contribution in [0.5, 0.6) is 0 Å². The molecule has 1 atom stereocenters. The monoisotopic (exact) mass is 512 g/mol. The van der Waals surface area contributed by atoms with Crippen molar-refractivity contribution >= 4 is 28.5 Å². The number of hydrogen-bond donors (Lipinski definition) is 0. The Labute approximate surface area is 222 Å². The van der Waals surface area contributed by atoms with Gasteiger partial charge in [0.1, 0.15) is 6.10 Å². The van der Waals surface area contributed by atoms with Gasteiger partial charge in [-0.3, -0.25) is 29.1 Å². The number of carbonyl (C=O) groups excluding carboxylic acids is 3. The lowest BCUT2D eigenvalue weighted by Gasteiger charge is -2.38. The van der Waals surface area contributed by atoms with Crippen LogP contribution in [0.15, 0.2) is 66.7 Å². The Hall–Kier alpha value is -3.59. The number of amides is 3. The van der Waals surface area contributed by atoms with Crippen molar-refractivity contribution < 1.29 is 19.1 Å². The van der Waals surface area contributed by atoms with Gasteiger partial charge < -0.3 is 9.64 Å². The van der Waals surface area contributed by atoms with Gasteiger partial charge in [0.15, 0.2) is 0 Å². The number of hydrogen-bond acceptors (Lipinski definition) is 6. The molecular formula is C30H32N4O4. The Morgan fingerprint density at radius 1 is 0.763 bits per heavy atom. The molecule has 3 aromatic rings. The van der Waals surface area contributed by atoms with Crippen LogP contribution in [0.1, 0.15) is 32.4 Å². The maximum atomic E-state index is 13.2. The highest BCUT2D eigenvalue weighted by Crippen LogP contribution is 2.30. The zero-order valence-electron chi connectivity index (χ0n) is 21.4. The van der Waals surface area contributed by atoms with Gasteiger partial charge >= 0.3 is 0 Å². The van der Waals surface area contributed by atoms with Gasteiger partial charge in [-0.15, -0.1) is 0 Å². The molecule has 38 heavy (non-hydrogen) atoms. The molecule has 196 valence electrons. The normalized spacial score (nSPS) is 20.8. The molecule has 0 spiro atoms. The minimum Gasteiger partial charge on any atom is -0.370 e. The number of imide groups is 1. The predicted molar refractivity (Wildman–Crippen MR) is 144 cm³/mol. The van der Waals surface area contributed by atoms with Crippen molar-refractivity contribution in [2.45, 2.75) is 6.10 Å². The van der Waals surface area contributed by atoms with Gasteiger partial charge in [0.05, 0.1) is 19.7 Å². The van der Waals surface area contributed by atoms with Gasteiger partial charge in [0.25, 0.3) is 11.8 Å². The molecule has 0 radical (unpaired) electrons. The molecule has 3 aliphatic heterocycles. The molecule has 0 aliphatic carbocycles. The number of carbonyl (C=O) groups is 3. The van der Waals surface area contributed by atoms with Gasteiger partial charge in [-0.05, 0) is 23.1 Å². The van der Waals surface area contributed by atoms with Crippen molar-refractivity contribution in [1.82, 2.24) is 19.6 Å². The highest BCUT2D eigenvalue weighted by Gasteiger charge is 2.33. The first kappa shape index (κ1) is 24.7. The van der Waals surface area contributed by atoms with E-state index in [1.54, 1.807) is 12.1 Å². The number of morpholine rings is 1. The third-order valence-electron chi connectivity index (χ3n) is 7.91. The molecule has 0 bridgehead atoms. The summed E-state index contributed by atoms with van der Waals surface area (Å²) in [6, 6.07) is 21.3. The van der Waals surface area contributed by atoms with Crippen LogP contribution in [-0.4, -0.2) is 103 Å². The SMILES string of the molecule is O=C(CN1CCN(CCN2C(=O)c3cccc4cccc(c34)C2=O)CC1)N1CCOC(c2ccccc2)C1. The quantitative estimate of drug-likeness (QED) is 0.473. The molecule has 3 aliphatic rings. The maximum Gasteiger partial charge on any atom is 0.261 e. The zero-order valence-corrected chi connectivity index (χ0v) is 21.4. The van der Waals surface area contributed by atoms with Crippen LogP contribution in [0.4, 0.5) is 0 Å². The summed E-state index contributed by atoms with van der Waals surface area (Å²) in [5, 5.41) is 1.68. The molecule has 2 fully saturated rings. The molecule has 3 heterocycles. The molecule has 0 aromatic heterocycles. The lowest BCUT2D eigenvalue weighted by atomic mass is 9.94. The van der Waals surface area contributed by atoms with Crippen LogP contribution in [0.25, 0.3) is 10.8 Å². The molecule has 3 amide bonds. The first-order chi connectivity index (χ1) is 18.6. The van der Waals surface area contributed by atoms with Crippen molar-refractivity contribution in [1.29, 1.82) is 0 Å². The van der Waals surface area contributed by atoms with E-state index in [1.165, 1.54) is 4.90 Å². The summed E-state index contributed by atoms with van der Waals surface area (Å²) in [4.78, 5) is 47.1. The first-order valence-electron chi connectivity index (χ1n) is 13.4. The second-order valence-corrected chi connectivity index (χ2v) is 10.2. The Bertz CT molecular complexity index is 1300. The Kier molecular flexibility index (Phi) is 6.93. The number of piperazine rings is 1. The van der Waals surface area contributed by atoms with E-state index >= 15 is 0 Å². The molecule has 8 nitrogen and oxygen atoms in total. The van der Waals surface area contributed by atoms with Crippen LogP contribution >= 0.6 is 0 Å². The highest BCUT2D eigenvalue weighted by atomic mass is 16.5. The maximum absolute atomic E-state index is 13.2. The highest BCUT2D eigenvalue weighted by molar-refractivity contribution is 6.25. The molecule has 3 aromatic carbocycles. The van der Waals surface area contributed by atoms with Crippen LogP contribution in [0.2, 0.25) is 0 Å². The lowest BCUT2D eigenvalue weighted by molar-refractivity contribution is -0.140. The molecule has 1 unspecified atom stereocenters. The van der Waals surface area contributed by atoms with Crippen molar-refractivity contribution in [3.8, 4) is 0 Å². The second-order valence-electron chi connectivity index (χ2n) is 10.2. The molecule has 6 rings (SSSR count). The fourth-order valence-electron chi connectivity index (χ4n) is 5.73. The Morgan fingerprint density at radius 2 is 1.42 bits per heavy atom. The largest absolute Gasteiger partial charge is 0.370 e. The van der Waals surface area contributed by atoms with Gasteiger partial charge in [-0.1, -0.05) is 54.6 Å². The molecule has 0 N–H and O–H groups in total. The van der Waals surface area contributed by atoms with Crippen molar-refractivity contribution in [2.24, 2.45) is 0 Å². The van der Waals surface area contributed by atoms with Crippen LogP contribution in [0.3, 0.4) is 0 Å². The lowest BCUT2D eigenvalue weighted by Crippen LogP contribution is -2.53. The number of benzene rings is 3.